The van der Waals surface area contributed by atoms with Crippen molar-refractivity contribution in [2.24, 2.45) is 0 Å². The summed E-state index contributed by atoms with van der Waals surface area (Å²) in [6, 6.07) is 8.55. The highest BCUT2D eigenvalue weighted by Gasteiger charge is 1.99. The molecule has 0 bridgehead atoms. The van der Waals surface area contributed by atoms with Crippen molar-refractivity contribution in [3.8, 4) is 0 Å². The molecule has 0 aliphatic rings. The zero-order valence-corrected chi connectivity index (χ0v) is 8.17. The van der Waals surface area contributed by atoms with Gasteiger partial charge in [0.15, 0.2) is 0 Å². The zero-order chi connectivity index (χ0) is 8.97. The lowest BCUT2D eigenvalue weighted by atomic mass is 10.1. The van der Waals surface area contributed by atoms with E-state index < -0.39 is 0 Å². The topological polar surface area (TPSA) is 3.24 Å². The molecule has 1 heteroatoms. The molecule has 0 aromatic heterocycles. The van der Waals surface area contributed by atoms with Crippen molar-refractivity contribution in [2.45, 2.75) is 20.4 Å². The molecule has 0 heterocycles. The Morgan fingerprint density at radius 1 is 1.25 bits per heavy atom. The fraction of sp³-hybridized carbons (Fsp3) is 0.455. The maximum absolute atomic E-state index is 2.31. The Kier molecular flexibility index (Phi) is 3.30. The molecule has 0 fully saturated rings. The van der Waals surface area contributed by atoms with E-state index in [9.17, 15) is 0 Å². The van der Waals surface area contributed by atoms with Crippen molar-refractivity contribution in [1.29, 1.82) is 0 Å². The third kappa shape index (κ3) is 2.35. The SMILES string of the molecule is CCN(C)Cc1ccccc1C. The number of hydrogen-bond acceptors (Lipinski definition) is 1. The van der Waals surface area contributed by atoms with Crippen molar-refractivity contribution in [3.05, 3.63) is 35.4 Å². The van der Waals surface area contributed by atoms with Crippen molar-refractivity contribution in [1.82, 2.24) is 4.90 Å². The number of aryl methyl sites for hydroxylation is 1. The van der Waals surface area contributed by atoms with Gasteiger partial charge in [0, 0.05) is 6.54 Å². The van der Waals surface area contributed by atoms with Gasteiger partial charge in [-0.25, -0.2) is 0 Å². The molecule has 0 unspecified atom stereocenters. The van der Waals surface area contributed by atoms with Gasteiger partial charge in [-0.05, 0) is 31.6 Å². The number of rotatable bonds is 3. The van der Waals surface area contributed by atoms with Crippen LogP contribution in [-0.2, 0) is 6.54 Å². The molecule has 0 aliphatic heterocycles. The van der Waals surface area contributed by atoms with Gasteiger partial charge in [-0.1, -0.05) is 31.2 Å². The van der Waals surface area contributed by atoms with Crippen LogP contribution < -0.4 is 0 Å². The monoisotopic (exact) mass is 163 g/mol. The van der Waals surface area contributed by atoms with Crippen molar-refractivity contribution >= 4 is 0 Å². The van der Waals surface area contributed by atoms with E-state index in [1.807, 2.05) is 0 Å². The minimum atomic E-state index is 1.06. The Bertz CT molecular complexity index is 243. The summed E-state index contributed by atoms with van der Waals surface area (Å²) in [6.07, 6.45) is 0. The third-order valence-electron chi connectivity index (χ3n) is 2.24. The highest BCUT2D eigenvalue weighted by Crippen LogP contribution is 2.08. The molecule has 1 nitrogen and oxygen atoms in total. The Morgan fingerprint density at radius 3 is 2.50 bits per heavy atom. The summed E-state index contributed by atoms with van der Waals surface area (Å²) in [5.41, 5.74) is 2.82. The van der Waals surface area contributed by atoms with E-state index in [1.54, 1.807) is 0 Å². The summed E-state index contributed by atoms with van der Waals surface area (Å²) in [7, 11) is 2.15. The van der Waals surface area contributed by atoms with Crippen LogP contribution >= 0.6 is 0 Å². The molecule has 0 N–H and O–H groups in total. The van der Waals surface area contributed by atoms with Crippen molar-refractivity contribution in [2.75, 3.05) is 13.6 Å². The van der Waals surface area contributed by atoms with E-state index in [0.717, 1.165) is 13.1 Å². The molecule has 12 heavy (non-hydrogen) atoms. The molecule has 0 saturated carbocycles. The molecular formula is C11H17N. The van der Waals surface area contributed by atoms with Gasteiger partial charge < -0.3 is 4.90 Å². The quantitative estimate of drug-likeness (QED) is 0.661. The number of nitrogens with zero attached hydrogens (tertiary/aromatic N) is 1. The summed E-state index contributed by atoms with van der Waals surface area (Å²) in [6.45, 7) is 6.51. The minimum absolute atomic E-state index is 1.06. The van der Waals surface area contributed by atoms with Gasteiger partial charge in [0.05, 0.1) is 0 Å². The van der Waals surface area contributed by atoms with Crippen LogP contribution in [0.1, 0.15) is 18.1 Å². The molecule has 66 valence electrons. The normalized spacial score (nSPS) is 10.7. The summed E-state index contributed by atoms with van der Waals surface area (Å²) in [4.78, 5) is 2.31. The van der Waals surface area contributed by atoms with Crippen LogP contribution in [0.25, 0.3) is 0 Å². The first-order valence-corrected chi connectivity index (χ1v) is 4.47. The van der Waals surface area contributed by atoms with Gasteiger partial charge in [0.2, 0.25) is 0 Å². The largest absolute Gasteiger partial charge is 0.302 e. The molecular weight excluding hydrogens is 146 g/mol. The van der Waals surface area contributed by atoms with Crippen LogP contribution in [0, 0.1) is 6.92 Å². The van der Waals surface area contributed by atoms with Gasteiger partial charge in [-0.2, -0.15) is 0 Å². The van der Waals surface area contributed by atoms with E-state index in [2.05, 4.69) is 50.1 Å². The average Bonchev–Trinajstić information content (AvgIpc) is 2.09. The zero-order valence-electron chi connectivity index (χ0n) is 8.17. The van der Waals surface area contributed by atoms with Gasteiger partial charge in [0.1, 0.15) is 0 Å². The molecule has 1 aromatic rings. The van der Waals surface area contributed by atoms with Crippen molar-refractivity contribution in [3.63, 3.8) is 0 Å². The molecule has 1 rings (SSSR count). The van der Waals surface area contributed by atoms with Gasteiger partial charge in [-0.3, -0.25) is 0 Å². The molecule has 0 atom stereocenters. The first-order chi connectivity index (χ1) is 5.74. The highest BCUT2D eigenvalue weighted by molar-refractivity contribution is 5.25. The first-order valence-electron chi connectivity index (χ1n) is 4.47. The Hall–Kier alpha value is -0.820. The maximum Gasteiger partial charge on any atom is 0.0233 e. The predicted octanol–water partition coefficient (Wildman–Crippen LogP) is 2.45. The average molecular weight is 163 g/mol. The van der Waals surface area contributed by atoms with Crippen LogP contribution in [0.3, 0.4) is 0 Å². The Morgan fingerprint density at radius 2 is 1.92 bits per heavy atom. The van der Waals surface area contributed by atoms with Gasteiger partial charge in [0.25, 0.3) is 0 Å². The highest BCUT2D eigenvalue weighted by atomic mass is 15.1. The second-order valence-corrected chi connectivity index (χ2v) is 3.26. The fourth-order valence-corrected chi connectivity index (χ4v) is 1.19. The van der Waals surface area contributed by atoms with E-state index in [4.69, 9.17) is 0 Å². The Labute approximate surface area is 75.0 Å². The number of hydrogen-bond donors (Lipinski definition) is 0. The summed E-state index contributed by atoms with van der Waals surface area (Å²) in [5.74, 6) is 0. The molecule has 0 saturated heterocycles. The van der Waals surface area contributed by atoms with E-state index in [-0.39, 0.29) is 0 Å². The lowest BCUT2D eigenvalue weighted by Gasteiger charge is -2.15. The maximum atomic E-state index is 2.31. The second-order valence-electron chi connectivity index (χ2n) is 3.26. The van der Waals surface area contributed by atoms with E-state index in [0.29, 0.717) is 0 Å². The van der Waals surface area contributed by atoms with Crippen LogP contribution in [0.5, 0.6) is 0 Å². The standard InChI is InChI=1S/C11H17N/c1-4-12(3)9-11-8-6-5-7-10(11)2/h5-8H,4,9H2,1-3H3. The molecule has 0 aliphatic carbocycles. The fourth-order valence-electron chi connectivity index (χ4n) is 1.19. The van der Waals surface area contributed by atoms with E-state index >= 15 is 0 Å². The molecule has 0 spiro atoms. The van der Waals surface area contributed by atoms with Crippen LogP contribution in [0.2, 0.25) is 0 Å². The van der Waals surface area contributed by atoms with Crippen LogP contribution in [-0.4, -0.2) is 18.5 Å². The smallest absolute Gasteiger partial charge is 0.0233 e. The summed E-state index contributed by atoms with van der Waals surface area (Å²) in [5, 5.41) is 0. The van der Waals surface area contributed by atoms with Crippen LogP contribution in [0.15, 0.2) is 24.3 Å². The number of benzene rings is 1. The minimum Gasteiger partial charge on any atom is -0.302 e. The van der Waals surface area contributed by atoms with Crippen LogP contribution in [0.4, 0.5) is 0 Å². The van der Waals surface area contributed by atoms with Gasteiger partial charge in [-0.15, -0.1) is 0 Å². The second kappa shape index (κ2) is 4.27. The lowest BCUT2D eigenvalue weighted by molar-refractivity contribution is 0.345. The third-order valence-corrected chi connectivity index (χ3v) is 2.24. The lowest BCUT2D eigenvalue weighted by Crippen LogP contribution is -2.17. The van der Waals surface area contributed by atoms with Crippen molar-refractivity contribution < 1.29 is 0 Å². The first kappa shape index (κ1) is 9.27. The van der Waals surface area contributed by atoms with Gasteiger partial charge >= 0.3 is 0 Å². The molecule has 0 amide bonds. The molecule has 0 radical (unpaired) electrons. The Balaban J connectivity index is 2.69. The summed E-state index contributed by atoms with van der Waals surface area (Å²) >= 11 is 0. The summed E-state index contributed by atoms with van der Waals surface area (Å²) < 4.78 is 0. The van der Waals surface area contributed by atoms with E-state index in [1.165, 1.54) is 11.1 Å². The predicted molar refractivity (Wildman–Crippen MR) is 53.2 cm³/mol. The molecule has 1 aromatic carbocycles.